The molecule has 2 aromatic heterocycles. The summed E-state index contributed by atoms with van der Waals surface area (Å²) < 4.78 is 0. The fraction of sp³-hybridized carbons (Fsp3) is 0.444. The van der Waals surface area contributed by atoms with Crippen molar-refractivity contribution < 1.29 is 0 Å². The van der Waals surface area contributed by atoms with Gasteiger partial charge in [0.1, 0.15) is 12.1 Å². The van der Waals surface area contributed by atoms with Crippen LogP contribution in [0, 0.1) is 0 Å². The Kier molecular flexibility index (Phi) is 2.30. The summed E-state index contributed by atoms with van der Waals surface area (Å²) >= 11 is 0. The Morgan fingerprint density at radius 3 is 3.07 bits per heavy atom. The van der Waals surface area contributed by atoms with Gasteiger partial charge < -0.3 is 5.73 Å². The van der Waals surface area contributed by atoms with Crippen LogP contribution in [-0.4, -0.2) is 20.2 Å². The second-order valence-electron chi connectivity index (χ2n) is 3.26. The molecule has 3 N–H and O–H groups in total. The van der Waals surface area contributed by atoms with E-state index >= 15 is 0 Å². The van der Waals surface area contributed by atoms with E-state index in [0.717, 1.165) is 30.3 Å². The Morgan fingerprint density at radius 2 is 2.29 bits per heavy atom. The van der Waals surface area contributed by atoms with Gasteiger partial charge in [0.15, 0.2) is 5.65 Å². The van der Waals surface area contributed by atoms with Crippen LogP contribution in [0.1, 0.15) is 25.5 Å². The standard InChI is InChI=1S/C9H13N5/c1-2-3-4-6-7-8(10)11-5-12-9(7)14-13-6/h5H,2-4H2,1H3,(H3,10,11,12,13,14). The monoisotopic (exact) mass is 191 g/mol. The third-order valence-corrected chi connectivity index (χ3v) is 2.24. The summed E-state index contributed by atoms with van der Waals surface area (Å²) in [5.74, 6) is 0.509. The lowest BCUT2D eigenvalue weighted by Crippen LogP contribution is -1.94. The van der Waals surface area contributed by atoms with Crippen LogP contribution in [-0.2, 0) is 6.42 Å². The first-order valence-electron chi connectivity index (χ1n) is 4.76. The molecule has 2 aromatic rings. The van der Waals surface area contributed by atoms with E-state index in [2.05, 4.69) is 27.1 Å². The van der Waals surface area contributed by atoms with E-state index in [0.29, 0.717) is 11.5 Å². The second-order valence-corrected chi connectivity index (χ2v) is 3.26. The Hall–Kier alpha value is -1.65. The van der Waals surface area contributed by atoms with Gasteiger partial charge >= 0.3 is 0 Å². The van der Waals surface area contributed by atoms with Crippen molar-refractivity contribution in [2.24, 2.45) is 0 Å². The highest BCUT2D eigenvalue weighted by atomic mass is 15.2. The van der Waals surface area contributed by atoms with Crippen molar-refractivity contribution in [1.29, 1.82) is 0 Å². The molecular formula is C9H13N5. The first-order valence-corrected chi connectivity index (χ1v) is 4.76. The van der Waals surface area contributed by atoms with Crippen LogP contribution >= 0.6 is 0 Å². The minimum absolute atomic E-state index is 0.509. The maximum Gasteiger partial charge on any atom is 0.186 e. The summed E-state index contributed by atoms with van der Waals surface area (Å²) in [6, 6.07) is 0. The molecule has 0 saturated carbocycles. The first kappa shape index (κ1) is 8.93. The fourth-order valence-corrected chi connectivity index (χ4v) is 1.47. The molecule has 2 rings (SSSR count). The summed E-state index contributed by atoms with van der Waals surface area (Å²) in [6.45, 7) is 2.15. The first-order chi connectivity index (χ1) is 6.83. The predicted molar refractivity (Wildman–Crippen MR) is 54.7 cm³/mol. The number of rotatable bonds is 3. The Labute approximate surface area is 81.7 Å². The number of anilines is 1. The van der Waals surface area contributed by atoms with Crippen LogP contribution in [0.25, 0.3) is 11.0 Å². The van der Waals surface area contributed by atoms with Gasteiger partial charge in [0.25, 0.3) is 0 Å². The van der Waals surface area contributed by atoms with Crippen LogP contribution in [0.2, 0.25) is 0 Å². The second kappa shape index (κ2) is 3.61. The summed E-state index contributed by atoms with van der Waals surface area (Å²) in [5, 5.41) is 7.91. The highest BCUT2D eigenvalue weighted by Crippen LogP contribution is 2.19. The zero-order chi connectivity index (χ0) is 9.97. The van der Waals surface area contributed by atoms with Crippen LogP contribution in [0.15, 0.2) is 6.33 Å². The number of aromatic amines is 1. The Morgan fingerprint density at radius 1 is 1.43 bits per heavy atom. The molecular weight excluding hydrogens is 178 g/mol. The van der Waals surface area contributed by atoms with Crippen molar-refractivity contribution in [3.63, 3.8) is 0 Å². The number of nitrogen functional groups attached to an aromatic ring is 1. The maximum absolute atomic E-state index is 5.76. The summed E-state index contributed by atoms with van der Waals surface area (Å²) in [5.41, 5.74) is 7.46. The molecule has 2 heterocycles. The number of H-pyrrole nitrogens is 1. The molecule has 5 heteroatoms. The van der Waals surface area contributed by atoms with Gasteiger partial charge in [-0.2, -0.15) is 5.10 Å². The Bertz CT molecular complexity index is 434. The van der Waals surface area contributed by atoms with Crippen molar-refractivity contribution in [2.75, 3.05) is 5.73 Å². The molecule has 74 valence electrons. The van der Waals surface area contributed by atoms with Crippen molar-refractivity contribution in [2.45, 2.75) is 26.2 Å². The lowest BCUT2D eigenvalue weighted by Gasteiger charge is -1.97. The van der Waals surface area contributed by atoms with Crippen LogP contribution in [0.3, 0.4) is 0 Å². The molecule has 0 radical (unpaired) electrons. The molecule has 0 unspecified atom stereocenters. The SMILES string of the molecule is CCCCc1[nH]nc2ncnc(N)c12. The molecule has 0 atom stereocenters. The highest BCUT2D eigenvalue weighted by molar-refractivity contribution is 5.87. The number of fused-ring (bicyclic) bond motifs is 1. The molecule has 0 bridgehead atoms. The van der Waals surface area contributed by atoms with E-state index in [1.165, 1.54) is 6.33 Å². The van der Waals surface area contributed by atoms with Gasteiger partial charge in [0.2, 0.25) is 0 Å². The van der Waals surface area contributed by atoms with Gasteiger partial charge in [-0.1, -0.05) is 13.3 Å². The number of hydrogen-bond acceptors (Lipinski definition) is 4. The zero-order valence-electron chi connectivity index (χ0n) is 8.12. The molecule has 0 aliphatic rings. The van der Waals surface area contributed by atoms with Crippen molar-refractivity contribution in [1.82, 2.24) is 20.2 Å². The van der Waals surface area contributed by atoms with Crippen molar-refractivity contribution in [3.8, 4) is 0 Å². The van der Waals surface area contributed by atoms with E-state index in [4.69, 9.17) is 5.73 Å². The van der Waals surface area contributed by atoms with Crippen LogP contribution in [0.4, 0.5) is 5.82 Å². The maximum atomic E-state index is 5.76. The molecule has 0 aromatic carbocycles. The average molecular weight is 191 g/mol. The topological polar surface area (TPSA) is 80.5 Å². The fourth-order valence-electron chi connectivity index (χ4n) is 1.47. The molecule has 0 saturated heterocycles. The van der Waals surface area contributed by atoms with Crippen LogP contribution in [0.5, 0.6) is 0 Å². The number of nitrogens with zero attached hydrogens (tertiary/aromatic N) is 3. The van der Waals surface area contributed by atoms with Gasteiger partial charge in [-0.3, -0.25) is 5.10 Å². The smallest absolute Gasteiger partial charge is 0.186 e. The van der Waals surface area contributed by atoms with E-state index in [1.807, 2.05) is 0 Å². The predicted octanol–water partition coefficient (Wildman–Crippen LogP) is 1.28. The number of hydrogen-bond donors (Lipinski definition) is 2. The number of nitrogens with one attached hydrogen (secondary N) is 1. The van der Waals surface area contributed by atoms with Gasteiger partial charge in [-0.15, -0.1) is 0 Å². The van der Waals surface area contributed by atoms with Gasteiger partial charge in [-0.25, -0.2) is 9.97 Å². The quantitative estimate of drug-likeness (QED) is 0.765. The average Bonchev–Trinajstić information content (AvgIpc) is 2.59. The van der Waals surface area contributed by atoms with E-state index in [-0.39, 0.29) is 0 Å². The lowest BCUT2D eigenvalue weighted by molar-refractivity contribution is 0.775. The van der Waals surface area contributed by atoms with E-state index in [9.17, 15) is 0 Å². The summed E-state index contributed by atoms with van der Waals surface area (Å²) in [7, 11) is 0. The van der Waals surface area contributed by atoms with Crippen LogP contribution < -0.4 is 5.73 Å². The highest BCUT2D eigenvalue weighted by Gasteiger charge is 2.09. The Balaban J connectivity index is 2.45. The molecule has 0 spiro atoms. The molecule has 0 aliphatic carbocycles. The van der Waals surface area contributed by atoms with E-state index < -0.39 is 0 Å². The zero-order valence-corrected chi connectivity index (χ0v) is 8.12. The molecule has 0 fully saturated rings. The molecule has 5 nitrogen and oxygen atoms in total. The molecule has 0 amide bonds. The number of aryl methyl sites for hydroxylation is 1. The summed E-state index contributed by atoms with van der Waals surface area (Å²) in [4.78, 5) is 7.99. The van der Waals surface area contributed by atoms with Crippen molar-refractivity contribution in [3.05, 3.63) is 12.0 Å². The van der Waals surface area contributed by atoms with E-state index in [1.54, 1.807) is 0 Å². The normalized spacial score (nSPS) is 10.9. The minimum Gasteiger partial charge on any atom is -0.383 e. The number of aromatic nitrogens is 4. The summed E-state index contributed by atoms with van der Waals surface area (Å²) in [6.07, 6.45) is 4.65. The third-order valence-electron chi connectivity index (χ3n) is 2.24. The minimum atomic E-state index is 0.509. The third kappa shape index (κ3) is 1.41. The molecule has 14 heavy (non-hydrogen) atoms. The lowest BCUT2D eigenvalue weighted by atomic mass is 10.1. The van der Waals surface area contributed by atoms with Crippen molar-refractivity contribution >= 4 is 16.9 Å². The van der Waals surface area contributed by atoms with Gasteiger partial charge in [0.05, 0.1) is 5.39 Å². The number of nitrogens with two attached hydrogens (primary N) is 1. The largest absolute Gasteiger partial charge is 0.383 e. The molecule has 0 aliphatic heterocycles. The van der Waals surface area contributed by atoms with Gasteiger partial charge in [-0.05, 0) is 12.8 Å². The van der Waals surface area contributed by atoms with Gasteiger partial charge in [0, 0.05) is 5.69 Å². The number of unbranched alkanes of at least 4 members (excludes halogenated alkanes) is 1.